The summed E-state index contributed by atoms with van der Waals surface area (Å²) in [6.45, 7) is 4.50. The summed E-state index contributed by atoms with van der Waals surface area (Å²) in [5, 5.41) is 0. The molecule has 2 N–H and O–H groups in total. The number of amides is 1. The van der Waals surface area contributed by atoms with Crippen LogP contribution in [0.1, 0.15) is 27.0 Å². The SMILES string of the molecule is Cc1ccc(CN(C)C(=O)c2cc(F)ccc2N)c(C)c1. The second-order valence-electron chi connectivity index (χ2n) is 5.32. The van der Waals surface area contributed by atoms with E-state index >= 15 is 0 Å². The van der Waals surface area contributed by atoms with E-state index in [0.29, 0.717) is 6.54 Å². The van der Waals surface area contributed by atoms with Crippen LogP contribution in [0, 0.1) is 19.7 Å². The average Bonchev–Trinajstić information content (AvgIpc) is 2.43. The van der Waals surface area contributed by atoms with Gasteiger partial charge in [0.1, 0.15) is 5.82 Å². The Balaban J connectivity index is 2.21. The third kappa shape index (κ3) is 3.40. The van der Waals surface area contributed by atoms with Crippen molar-refractivity contribution in [3.05, 3.63) is 64.5 Å². The maximum Gasteiger partial charge on any atom is 0.256 e. The number of rotatable bonds is 3. The minimum Gasteiger partial charge on any atom is -0.398 e. The van der Waals surface area contributed by atoms with E-state index in [2.05, 4.69) is 6.07 Å². The van der Waals surface area contributed by atoms with Gasteiger partial charge < -0.3 is 10.6 Å². The van der Waals surface area contributed by atoms with Crippen molar-refractivity contribution in [3.8, 4) is 0 Å². The Hall–Kier alpha value is -2.36. The summed E-state index contributed by atoms with van der Waals surface area (Å²) in [6.07, 6.45) is 0. The first kappa shape index (κ1) is 15.0. The second kappa shape index (κ2) is 5.95. The quantitative estimate of drug-likeness (QED) is 0.880. The number of benzene rings is 2. The van der Waals surface area contributed by atoms with Gasteiger partial charge in [0.2, 0.25) is 0 Å². The number of nitrogens with zero attached hydrogens (tertiary/aromatic N) is 1. The van der Waals surface area contributed by atoms with Crippen LogP contribution in [0.5, 0.6) is 0 Å². The number of hydrogen-bond acceptors (Lipinski definition) is 2. The first-order valence-corrected chi connectivity index (χ1v) is 6.75. The van der Waals surface area contributed by atoms with Gasteiger partial charge in [-0.05, 0) is 43.2 Å². The molecule has 0 heterocycles. The predicted octanol–water partition coefficient (Wildman–Crippen LogP) is 3.30. The highest BCUT2D eigenvalue weighted by molar-refractivity contribution is 5.98. The summed E-state index contributed by atoms with van der Waals surface area (Å²) in [4.78, 5) is 13.9. The molecule has 1 amide bonds. The van der Waals surface area contributed by atoms with E-state index in [1.807, 2.05) is 26.0 Å². The average molecular weight is 286 g/mol. The topological polar surface area (TPSA) is 46.3 Å². The van der Waals surface area contributed by atoms with E-state index in [1.54, 1.807) is 11.9 Å². The summed E-state index contributed by atoms with van der Waals surface area (Å²) in [7, 11) is 1.69. The van der Waals surface area contributed by atoms with Gasteiger partial charge in [-0.15, -0.1) is 0 Å². The van der Waals surface area contributed by atoms with Gasteiger partial charge in [-0.3, -0.25) is 4.79 Å². The Kier molecular flexibility index (Phi) is 4.26. The van der Waals surface area contributed by atoms with Crippen molar-refractivity contribution in [1.29, 1.82) is 0 Å². The number of aryl methyl sites for hydroxylation is 2. The van der Waals surface area contributed by atoms with Gasteiger partial charge >= 0.3 is 0 Å². The number of nitrogen functional groups attached to an aromatic ring is 1. The second-order valence-corrected chi connectivity index (χ2v) is 5.32. The predicted molar refractivity (Wildman–Crippen MR) is 82.5 cm³/mol. The normalized spacial score (nSPS) is 10.5. The molecule has 0 radical (unpaired) electrons. The number of carbonyl (C=O) groups excluding carboxylic acids is 1. The van der Waals surface area contributed by atoms with Crippen molar-refractivity contribution in [2.24, 2.45) is 0 Å². The molecule has 4 heteroatoms. The molecular weight excluding hydrogens is 267 g/mol. The fraction of sp³-hybridized carbons (Fsp3) is 0.235. The largest absolute Gasteiger partial charge is 0.398 e. The summed E-state index contributed by atoms with van der Waals surface area (Å²) in [5.41, 5.74) is 9.61. The highest BCUT2D eigenvalue weighted by atomic mass is 19.1. The zero-order valence-corrected chi connectivity index (χ0v) is 12.5. The number of hydrogen-bond donors (Lipinski definition) is 1. The molecule has 0 unspecified atom stereocenters. The first-order chi connectivity index (χ1) is 9.88. The van der Waals surface area contributed by atoms with Crippen LogP contribution in [0.25, 0.3) is 0 Å². The maximum atomic E-state index is 13.3. The summed E-state index contributed by atoms with van der Waals surface area (Å²) in [5.74, 6) is -0.751. The Bertz CT molecular complexity index is 682. The van der Waals surface area contributed by atoms with Gasteiger partial charge in [-0.2, -0.15) is 0 Å². The molecule has 0 bridgehead atoms. The summed E-state index contributed by atoms with van der Waals surface area (Å²) < 4.78 is 13.3. The van der Waals surface area contributed by atoms with Crippen LogP contribution in [0.4, 0.5) is 10.1 Å². The summed E-state index contributed by atoms with van der Waals surface area (Å²) >= 11 is 0. The zero-order chi connectivity index (χ0) is 15.6. The third-order valence-corrected chi connectivity index (χ3v) is 3.50. The fourth-order valence-corrected chi connectivity index (χ4v) is 2.27. The molecule has 0 atom stereocenters. The molecule has 2 aromatic carbocycles. The molecule has 0 saturated carbocycles. The van der Waals surface area contributed by atoms with E-state index in [0.717, 1.165) is 11.1 Å². The zero-order valence-electron chi connectivity index (χ0n) is 12.5. The minimum atomic E-state index is -0.465. The third-order valence-electron chi connectivity index (χ3n) is 3.50. The molecule has 2 aromatic rings. The van der Waals surface area contributed by atoms with Crippen molar-refractivity contribution in [2.75, 3.05) is 12.8 Å². The van der Waals surface area contributed by atoms with Crippen LogP contribution in [0.2, 0.25) is 0 Å². The molecule has 0 aliphatic heterocycles. The van der Waals surface area contributed by atoms with E-state index in [4.69, 9.17) is 5.73 Å². The number of halogens is 1. The first-order valence-electron chi connectivity index (χ1n) is 6.75. The highest BCUT2D eigenvalue weighted by Crippen LogP contribution is 2.18. The molecular formula is C17H19FN2O. The lowest BCUT2D eigenvalue weighted by Crippen LogP contribution is -2.27. The monoisotopic (exact) mass is 286 g/mol. The van der Waals surface area contributed by atoms with Crippen molar-refractivity contribution in [2.45, 2.75) is 20.4 Å². The Morgan fingerprint density at radius 1 is 1.19 bits per heavy atom. The van der Waals surface area contributed by atoms with Gasteiger partial charge in [-0.1, -0.05) is 23.8 Å². The van der Waals surface area contributed by atoms with Crippen LogP contribution >= 0.6 is 0 Å². The maximum absolute atomic E-state index is 13.3. The van der Waals surface area contributed by atoms with Crippen LogP contribution < -0.4 is 5.73 Å². The Morgan fingerprint density at radius 3 is 2.57 bits per heavy atom. The standard InChI is InChI=1S/C17H19FN2O/c1-11-4-5-13(12(2)8-11)10-20(3)17(21)15-9-14(18)6-7-16(15)19/h4-9H,10,19H2,1-3H3. The number of nitrogens with two attached hydrogens (primary N) is 1. The molecule has 110 valence electrons. The fourth-order valence-electron chi connectivity index (χ4n) is 2.27. The number of anilines is 1. The van der Waals surface area contributed by atoms with Crippen molar-refractivity contribution < 1.29 is 9.18 Å². The van der Waals surface area contributed by atoms with E-state index in [1.165, 1.54) is 23.8 Å². The minimum absolute atomic E-state index is 0.197. The van der Waals surface area contributed by atoms with Gasteiger partial charge in [-0.25, -0.2) is 4.39 Å². The highest BCUT2D eigenvalue weighted by Gasteiger charge is 2.16. The lowest BCUT2D eigenvalue weighted by Gasteiger charge is -2.19. The van der Waals surface area contributed by atoms with Crippen molar-refractivity contribution in [1.82, 2.24) is 4.90 Å². The number of carbonyl (C=O) groups is 1. The molecule has 0 aliphatic rings. The van der Waals surface area contributed by atoms with E-state index in [9.17, 15) is 9.18 Å². The Labute approximate surface area is 124 Å². The summed E-state index contributed by atoms with van der Waals surface area (Å²) in [6, 6.07) is 9.92. The molecule has 0 fully saturated rings. The molecule has 2 rings (SSSR count). The molecule has 0 aromatic heterocycles. The van der Waals surface area contributed by atoms with Gasteiger partial charge in [0.25, 0.3) is 5.91 Å². The lowest BCUT2D eigenvalue weighted by molar-refractivity contribution is 0.0785. The Morgan fingerprint density at radius 2 is 1.90 bits per heavy atom. The van der Waals surface area contributed by atoms with Crippen LogP contribution in [0.15, 0.2) is 36.4 Å². The van der Waals surface area contributed by atoms with Crippen molar-refractivity contribution >= 4 is 11.6 Å². The molecule has 0 aliphatic carbocycles. The molecule has 21 heavy (non-hydrogen) atoms. The molecule has 0 spiro atoms. The van der Waals surface area contributed by atoms with E-state index in [-0.39, 0.29) is 17.2 Å². The van der Waals surface area contributed by atoms with Gasteiger partial charge in [0.15, 0.2) is 0 Å². The lowest BCUT2D eigenvalue weighted by atomic mass is 10.0. The smallest absolute Gasteiger partial charge is 0.256 e. The van der Waals surface area contributed by atoms with Gasteiger partial charge in [0, 0.05) is 19.3 Å². The molecule has 0 saturated heterocycles. The van der Waals surface area contributed by atoms with Crippen LogP contribution in [-0.2, 0) is 6.54 Å². The van der Waals surface area contributed by atoms with E-state index < -0.39 is 5.82 Å². The van der Waals surface area contributed by atoms with Crippen molar-refractivity contribution in [3.63, 3.8) is 0 Å². The molecule has 3 nitrogen and oxygen atoms in total. The van der Waals surface area contributed by atoms with Gasteiger partial charge in [0.05, 0.1) is 5.56 Å². The van der Waals surface area contributed by atoms with Crippen LogP contribution in [-0.4, -0.2) is 17.9 Å². The van der Waals surface area contributed by atoms with Crippen LogP contribution in [0.3, 0.4) is 0 Å².